The van der Waals surface area contributed by atoms with Crippen LogP contribution in [0.4, 0.5) is 0 Å². The SMILES string of the molecule is CC1CC(C(=O)O)CCN1C(=O)C1(CN)CC1. The van der Waals surface area contributed by atoms with Crippen molar-refractivity contribution in [2.45, 2.75) is 38.6 Å². The Kier molecular flexibility index (Phi) is 3.12. The number of hydrogen-bond donors (Lipinski definition) is 2. The molecule has 0 spiro atoms. The molecule has 5 heteroatoms. The number of carbonyl (C=O) groups is 2. The molecule has 1 saturated heterocycles. The number of carboxylic acid groups (broad SMARTS) is 1. The van der Waals surface area contributed by atoms with Crippen LogP contribution in [0.2, 0.25) is 0 Å². The van der Waals surface area contributed by atoms with Crippen LogP contribution >= 0.6 is 0 Å². The number of rotatable bonds is 3. The lowest BCUT2D eigenvalue weighted by atomic mass is 9.90. The van der Waals surface area contributed by atoms with E-state index >= 15 is 0 Å². The van der Waals surface area contributed by atoms with Crippen molar-refractivity contribution in [2.75, 3.05) is 13.1 Å². The summed E-state index contributed by atoms with van der Waals surface area (Å²) in [5, 5.41) is 8.98. The summed E-state index contributed by atoms with van der Waals surface area (Å²) in [6.07, 6.45) is 2.88. The molecule has 2 unspecified atom stereocenters. The van der Waals surface area contributed by atoms with Gasteiger partial charge in [0, 0.05) is 19.1 Å². The van der Waals surface area contributed by atoms with Crippen molar-refractivity contribution in [2.24, 2.45) is 17.1 Å². The highest BCUT2D eigenvalue weighted by Crippen LogP contribution is 2.47. The van der Waals surface area contributed by atoms with E-state index in [0.717, 1.165) is 12.8 Å². The van der Waals surface area contributed by atoms with Gasteiger partial charge in [-0.1, -0.05) is 0 Å². The standard InChI is InChI=1S/C12H20N2O3/c1-8-6-9(10(15)16)2-5-14(8)11(17)12(7-13)3-4-12/h8-9H,2-7,13H2,1H3,(H,15,16). The van der Waals surface area contributed by atoms with Crippen molar-refractivity contribution in [1.29, 1.82) is 0 Å². The molecule has 2 rings (SSSR count). The normalized spacial score (nSPS) is 31.1. The maximum atomic E-state index is 12.3. The van der Waals surface area contributed by atoms with E-state index < -0.39 is 5.97 Å². The Morgan fingerprint density at radius 2 is 2.12 bits per heavy atom. The zero-order valence-electron chi connectivity index (χ0n) is 10.2. The number of aliphatic carboxylic acids is 1. The summed E-state index contributed by atoms with van der Waals surface area (Å²) < 4.78 is 0. The minimum absolute atomic E-state index is 0.0152. The lowest BCUT2D eigenvalue weighted by Gasteiger charge is -2.38. The molecular weight excluding hydrogens is 220 g/mol. The van der Waals surface area contributed by atoms with Crippen molar-refractivity contribution in [1.82, 2.24) is 4.90 Å². The molecule has 17 heavy (non-hydrogen) atoms. The van der Waals surface area contributed by atoms with Crippen molar-refractivity contribution in [3.05, 3.63) is 0 Å². The molecular formula is C12H20N2O3. The molecule has 2 atom stereocenters. The summed E-state index contributed by atoms with van der Waals surface area (Å²) in [6.45, 7) is 2.90. The maximum absolute atomic E-state index is 12.3. The van der Waals surface area contributed by atoms with Gasteiger partial charge in [0.15, 0.2) is 0 Å². The monoisotopic (exact) mass is 240 g/mol. The van der Waals surface area contributed by atoms with Crippen molar-refractivity contribution >= 4 is 11.9 Å². The first-order chi connectivity index (χ1) is 8.00. The fourth-order valence-corrected chi connectivity index (χ4v) is 2.66. The molecule has 1 saturated carbocycles. The minimum Gasteiger partial charge on any atom is -0.481 e. The van der Waals surface area contributed by atoms with Crippen LogP contribution in [0.15, 0.2) is 0 Å². The Bertz CT molecular complexity index is 339. The Morgan fingerprint density at radius 3 is 2.53 bits per heavy atom. The first-order valence-corrected chi connectivity index (χ1v) is 6.24. The third kappa shape index (κ3) is 2.16. The second kappa shape index (κ2) is 4.29. The quantitative estimate of drug-likeness (QED) is 0.749. The summed E-state index contributed by atoms with van der Waals surface area (Å²) in [4.78, 5) is 25.0. The van der Waals surface area contributed by atoms with Gasteiger partial charge in [-0.2, -0.15) is 0 Å². The van der Waals surface area contributed by atoms with Gasteiger partial charge in [-0.15, -0.1) is 0 Å². The van der Waals surface area contributed by atoms with Crippen LogP contribution in [0.25, 0.3) is 0 Å². The van der Waals surface area contributed by atoms with Crippen LogP contribution in [0, 0.1) is 11.3 Å². The number of amides is 1. The molecule has 2 fully saturated rings. The van der Waals surface area contributed by atoms with Gasteiger partial charge >= 0.3 is 5.97 Å². The van der Waals surface area contributed by atoms with Crippen molar-refractivity contribution in [3.63, 3.8) is 0 Å². The molecule has 1 aliphatic carbocycles. The molecule has 0 radical (unpaired) electrons. The van der Waals surface area contributed by atoms with E-state index in [1.54, 1.807) is 0 Å². The average molecular weight is 240 g/mol. The van der Waals surface area contributed by atoms with E-state index in [1.807, 2.05) is 11.8 Å². The third-order valence-corrected chi connectivity index (χ3v) is 4.18. The minimum atomic E-state index is -0.746. The molecule has 0 bridgehead atoms. The van der Waals surface area contributed by atoms with Gasteiger partial charge in [-0.3, -0.25) is 9.59 Å². The van der Waals surface area contributed by atoms with E-state index in [1.165, 1.54) is 0 Å². The largest absolute Gasteiger partial charge is 0.481 e. The highest BCUT2D eigenvalue weighted by Gasteiger charge is 2.51. The molecule has 5 nitrogen and oxygen atoms in total. The number of carbonyl (C=O) groups excluding carboxylic acids is 1. The summed E-state index contributed by atoms with van der Waals surface area (Å²) in [5.74, 6) is -0.915. The Balaban J connectivity index is 2.00. The van der Waals surface area contributed by atoms with Crippen molar-refractivity contribution in [3.8, 4) is 0 Å². The van der Waals surface area contributed by atoms with Gasteiger partial charge in [-0.25, -0.2) is 0 Å². The Labute approximate surface area is 101 Å². The van der Waals surface area contributed by atoms with Gasteiger partial charge in [0.25, 0.3) is 0 Å². The lowest BCUT2D eigenvalue weighted by Crippen LogP contribution is -2.50. The Morgan fingerprint density at radius 1 is 1.47 bits per heavy atom. The molecule has 0 aromatic rings. The molecule has 3 N–H and O–H groups in total. The zero-order valence-corrected chi connectivity index (χ0v) is 10.2. The van der Waals surface area contributed by atoms with Crippen LogP contribution in [-0.4, -0.2) is 41.0 Å². The summed E-state index contributed by atoms with van der Waals surface area (Å²) in [7, 11) is 0. The van der Waals surface area contributed by atoms with Gasteiger partial charge < -0.3 is 15.7 Å². The molecule has 96 valence electrons. The number of likely N-dealkylation sites (tertiary alicyclic amines) is 1. The molecule has 0 aromatic heterocycles. The molecule has 0 aromatic carbocycles. The Hall–Kier alpha value is -1.10. The zero-order chi connectivity index (χ0) is 12.6. The van der Waals surface area contributed by atoms with Gasteiger partial charge in [-0.05, 0) is 32.6 Å². The lowest BCUT2D eigenvalue weighted by molar-refractivity contribution is -0.149. The number of carboxylic acids is 1. The number of hydrogen-bond acceptors (Lipinski definition) is 3. The average Bonchev–Trinajstić information content (AvgIpc) is 3.08. The highest BCUT2D eigenvalue weighted by atomic mass is 16.4. The fraction of sp³-hybridized carbons (Fsp3) is 0.833. The fourth-order valence-electron chi connectivity index (χ4n) is 2.66. The summed E-state index contributed by atoms with van der Waals surface area (Å²) >= 11 is 0. The van der Waals surface area contributed by atoms with Crippen LogP contribution in [-0.2, 0) is 9.59 Å². The third-order valence-electron chi connectivity index (χ3n) is 4.18. The second-order valence-electron chi connectivity index (χ2n) is 5.39. The summed E-state index contributed by atoms with van der Waals surface area (Å²) in [6, 6.07) is 0.0152. The van der Waals surface area contributed by atoms with E-state index in [0.29, 0.717) is 25.9 Å². The van der Waals surface area contributed by atoms with Gasteiger partial charge in [0.1, 0.15) is 0 Å². The molecule has 1 amide bonds. The second-order valence-corrected chi connectivity index (χ2v) is 5.39. The van der Waals surface area contributed by atoms with Crippen LogP contribution < -0.4 is 5.73 Å². The van der Waals surface area contributed by atoms with E-state index in [-0.39, 0.29) is 23.3 Å². The van der Waals surface area contributed by atoms with Gasteiger partial charge in [0.05, 0.1) is 11.3 Å². The maximum Gasteiger partial charge on any atom is 0.306 e. The van der Waals surface area contributed by atoms with Crippen LogP contribution in [0.5, 0.6) is 0 Å². The first kappa shape index (κ1) is 12.4. The summed E-state index contributed by atoms with van der Waals surface area (Å²) in [5.41, 5.74) is 5.34. The topological polar surface area (TPSA) is 83.6 Å². The number of piperidine rings is 1. The molecule has 1 aliphatic heterocycles. The van der Waals surface area contributed by atoms with E-state index in [9.17, 15) is 9.59 Å². The predicted molar refractivity (Wildman–Crippen MR) is 62.3 cm³/mol. The number of nitrogens with zero attached hydrogens (tertiary/aromatic N) is 1. The predicted octanol–water partition coefficient (Wildman–Crippen LogP) is 0.437. The van der Waals surface area contributed by atoms with E-state index in [2.05, 4.69) is 0 Å². The van der Waals surface area contributed by atoms with Crippen LogP contribution in [0.1, 0.15) is 32.6 Å². The highest BCUT2D eigenvalue weighted by molar-refractivity contribution is 5.86. The molecule has 1 heterocycles. The first-order valence-electron chi connectivity index (χ1n) is 6.24. The van der Waals surface area contributed by atoms with E-state index in [4.69, 9.17) is 10.8 Å². The van der Waals surface area contributed by atoms with Gasteiger partial charge in [0.2, 0.25) is 5.91 Å². The molecule has 2 aliphatic rings. The van der Waals surface area contributed by atoms with Crippen molar-refractivity contribution < 1.29 is 14.7 Å². The van der Waals surface area contributed by atoms with Crippen LogP contribution in [0.3, 0.4) is 0 Å². The smallest absolute Gasteiger partial charge is 0.306 e. The number of nitrogens with two attached hydrogens (primary N) is 1.